The van der Waals surface area contributed by atoms with E-state index in [1.54, 1.807) is 0 Å². The number of aryl methyl sites for hydroxylation is 2. The maximum atomic E-state index is 6.67. The first-order chi connectivity index (χ1) is 30.7. The van der Waals surface area contributed by atoms with Gasteiger partial charge in [-0.2, -0.15) is 0 Å². The minimum Gasteiger partial charge on any atom is -0.456 e. The monoisotopic (exact) mass is 864 g/mol. The van der Waals surface area contributed by atoms with Crippen LogP contribution >= 0.6 is 0 Å². The van der Waals surface area contributed by atoms with Gasteiger partial charge in [-0.3, -0.25) is 0 Å². The molecule has 314 valence electrons. The number of hydrogen-bond donors (Lipinski definition) is 0. The van der Waals surface area contributed by atoms with Crippen LogP contribution in [0.25, 0.3) is 65.4 Å². The van der Waals surface area contributed by atoms with Crippen molar-refractivity contribution in [1.29, 1.82) is 0 Å². The Morgan fingerprint density at radius 3 is 0.969 bits per heavy atom. The fourth-order valence-corrected chi connectivity index (χ4v) is 11.6. The lowest BCUT2D eigenvalue weighted by molar-refractivity contribution is 0.656. The van der Waals surface area contributed by atoms with Gasteiger partial charge in [-0.05, 0) is 139 Å². The zero-order valence-electron chi connectivity index (χ0n) is 37.9. The van der Waals surface area contributed by atoms with Gasteiger partial charge in [0.05, 0.1) is 16.1 Å². The molecule has 6 heteroatoms. The highest BCUT2D eigenvalue weighted by Gasteiger charge is 2.22. The highest BCUT2D eigenvalue weighted by Crippen LogP contribution is 2.43. The summed E-state index contributed by atoms with van der Waals surface area (Å²) >= 11 is 0. The molecule has 11 aromatic rings. The number of nitrogens with zero attached hydrogens (tertiary/aromatic N) is 2. The lowest BCUT2D eigenvalue weighted by Crippen LogP contribution is -2.37. The second kappa shape index (κ2) is 14.9. The van der Waals surface area contributed by atoms with Gasteiger partial charge in [0.25, 0.3) is 0 Å². The molecule has 64 heavy (non-hydrogen) atoms. The molecule has 0 radical (unpaired) electrons. The number of furan rings is 2. The lowest BCUT2D eigenvalue weighted by Gasteiger charge is -2.28. The summed E-state index contributed by atoms with van der Waals surface area (Å²) in [5.74, 6) is 0. The number of fused-ring (bicyclic) bond motifs is 8. The van der Waals surface area contributed by atoms with Gasteiger partial charge in [-0.15, -0.1) is 0 Å². The van der Waals surface area contributed by atoms with Gasteiger partial charge >= 0.3 is 0 Å². The average molecular weight is 865 g/mol. The summed E-state index contributed by atoms with van der Waals surface area (Å²) in [4.78, 5) is 4.71. The Kier molecular flexibility index (Phi) is 9.28. The highest BCUT2D eigenvalue weighted by molar-refractivity contribution is 6.89. The van der Waals surface area contributed by atoms with Crippen LogP contribution in [0.3, 0.4) is 0 Å². The molecule has 0 unspecified atom stereocenters. The molecule has 9 aromatic carbocycles. The lowest BCUT2D eigenvalue weighted by atomic mass is 10.0. The summed E-state index contributed by atoms with van der Waals surface area (Å²) in [5.41, 5.74) is 12.6. The molecule has 4 nitrogen and oxygen atoms in total. The van der Waals surface area contributed by atoms with Crippen molar-refractivity contribution >= 4 is 126 Å². The summed E-state index contributed by atoms with van der Waals surface area (Å²) in [6, 6.07) is 62.8. The minimum atomic E-state index is -1.45. The average Bonchev–Trinajstić information content (AvgIpc) is 3.80. The van der Waals surface area contributed by atoms with Crippen molar-refractivity contribution in [1.82, 2.24) is 0 Å². The van der Waals surface area contributed by atoms with Gasteiger partial charge in [0.15, 0.2) is 0 Å². The topological polar surface area (TPSA) is 32.8 Å². The molecule has 2 aromatic heterocycles. The largest absolute Gasteiger partial charge is 0.456 e. The van der Waals surface area contributed by atoms with Crippen molar-refractivity contribution < 1.29 is 8.83 Å². The standard InChI is InChI=1S/C58H52N2O2Si2/c1-37-9-15-43(16-10-37)59(44-17-11-38(2)12-18-44)47-19-13-39-31-51-53-35-54-52-32-40-14-20-48(30-42(40)34-56(52)62-58(54)36-57(53)61-55(51)33-41(39)29-47)60(45-21-25-49(26-22-45)63(3,4)5)46-23-27-50(28-24-46)64(6,7)8/h9-36H,1-8H3. The predicted octanol–water partition coefficient (Wildman–Crippen LogP) is 16.4. The van der Waals surface area contributed by atoms with E-state index in [4.69, 9.17) is 8.83 Å². The second-order valence-electron chi connectivity index (χ2n) is 19.7. The molecule has 11 rings (SSSR count). The third-order valence-corrected chi connectivity index (χ3v) is 17.2. The summed E-state index contributed by atoms with van der Waals surface area (Å²) in [7, 11) is -2.90. The van der Waals surface area contributed by atoms with E-state index in [1.165, 1.54) is 32.3 Å². The first-order valence-electron chi connectivity index (χ1n) is 22.4. The maximum Gasteiger partial charge on any atom is 0.139 e. The Hall–Kier alpha value is -6.87. The van der Waals surface area contributed by atoms with Crippen LogP contribution in [0, 0.1) is 13.8 Å². The Labute approximate surface area is 377 Å². The predicted molar refractivity (Wildman–Crippen MR) is 281 cm³/mol. The van der Waals surface area contributed by atoms with Gasteiger partial charge in [0.2, 0.25) is 0 Å². The van der Waals surface area contributed by atoms with Gasteiger partial charge in [-0.1, -0.05) is 121 Å². The molecule has 0 amide bonds. The first kappa shape index (κ1) is 39.9. The number of benzene rings is 9. The van der Waals surface area contributed by atoms with E-state index in [0.29, 0.717) is 0 Å². The van der Waals surface area contributed by atoms with E-state index in [0.717, 1.165) is 88.8 Å². The van der Waals surface area contributed by atoms with Crippen molar-refractivity contribution in [2.45, 2.75) is 53.1 Å². The molecule has 0 N–H and O–H groups in total. The van der Waals surface area contributed by atoms with Gasteiger partial charge < -0.3 is 18.6 Å². The fourth-order valence-electron chi connectivity index (χ4n) is 9.29. The molecular weight excluding hydrogens is 813 g/mol. The minimum absolute atomic E-state index is 0.820. The molecule has 0 saturated heterocycles. The van der Waals surface area contributed by atoms with Crippen LogP contribution in [0.15, 0.2) is 179 Å². The SMILES string of the molecule is Cc1ccc(N(c2ccc(C)cc2)c2ccc3cc4c(cc3c2)oc2cc3oc5cc6cc(N(c7ccc([Si](C)(C)C)cc7)c7ccc([Si](C)(C)C)cc7)ccc6cc5c3cc24)cc1. The quantitative estimate of drug-likeness (QED) is 0.143. The molecule has 0 aliphatic carbocycles. The Bertz CT molecular complexity index is 3470. The molecule has 0 spiro atoms. The van der Waals surface area contributed by atoms with E-state index in [2.05, 4.69) is 233 Å². The van der Waals surface area contributed by atoms with Crippen molar-refractivity contribution in [2.75, 3.05) is 9.80 Å². The van der Waals surface area contributed by atoms with Crippen molar-refractivity contribution in [3.05, 3.63) is 181 Å². The highest BCUT2D eigenvalue weighted by atomic mass is 28.3. The molecule has 0 saturated carbocycles. The summed E-state index contributed by atoms with van der Waals surface area (Å²) in [5, 5.41) is 11.9. The van der Waals surface area contributed by atoms with Gasteiger partial charge in [0, 0.05) is 61.7 Å². The maximum absolute atomic E-state index is 6.67. The van der Waals surface area contributed by atoms with Crippen LogP contribution in [0.5, 0.6) is 0 Å². The van der Waals surface area contributed by atoms with Gasteiger partial charge in [-0.25, -0.2) is 0 Å². The molecule has 2 heterocycles. The number of rotatable bonds is 8. The molecule has 0 bridgehead atoms. The van der Waals surface area contributed by atoms with Crippen LogP contribution in [-0.4, -0.2) is 16.1 Å². The van der Waals surface area contributed by atoms with Gasteiger partial charge in [0.1, 0.15) is 22.3 Å². The number of anilines is 6. The van der Waals surface area contributed by atoms with E-state index in [-0.39, 0.29) is 0 Å². The third-order valence-electron chi connectivity index (χ3n) is 13.0. The van der Waals surface area contributed by atoms with Crippen molar-refractivity contribution in [3.63, 3.8) is 0 Å². The van der Waals surface area contributed by atoms with Crippen LogP contribution in [0.4, 0.5) is 34.1 Å². The molecule has 0 atom stereocenters. The Morgan fingerprint density at radius 2 is 0.609 bits per heavy atom. The first-order valence-corrected chi connectivity index (χ1v) is 29.4. The molecule has 0 aliphatic rings. The fraction of sp³-hybridized carbons (Fsp3) is 0.138. The van der Waals surface area contributed by atoms with Crippen molar-refractivity contribution in [3.8, 4) is 0 Å². The van der Waals surface area contributed by atoms with Crippen molar-refractivity contribution in [2.24, 2.45) is 0 Å². The van der Waals surface area contributed by atoms with E-state index >= 15 is 0 Å². The third kappa shape index (κ3) is 7.07. The van der Waals surface area contributed by atoms with E-state index in [9.17, 15) is 0 Å². The van der Waals surface area contributed by atoms with Crippen LogP contribution in [0.2, 0.25) is 39.3 Å². The Morgan fingerprint density at radius 1 is 0.297 bits per heavy atom. The Balaban J connectivity index is 0.984. The molecule has 0 fully saturated rings. The number of hydrogen-bond acceptors (Lipinski definition) is 4. The summed E-state index contributed by atoms with van der Waals surface area (Å²) < 4.78 is 13.3. The van der Waals surface area contributed by atoms with Crippen LogP contribution < -0.4 is 20.2 Å². The summed E-state index contributed by atoms with van der Waals surface area (Å²) in [6.07, 6.45) is 0. The van der Waals surface area contributed by atoms with Crippen LogP contribution in [0.1, 0.15) is 11.1 Å². The molecule has 0 aliphatic heterocycles. The smallest absolute Gasteiger partial charge is 0.139 e. The van der Waals surface area contributed by atoms with Crippen LogP contribution in [-0.2, 0) is 0 Å². The zero-order valence-corrected chi connectivity index (χ0v) is 39.9. The zero-order chi connectivity index (χ0) is 44.1. The summed E-state index contributed by atoms with van der Waals surface area (Å²) in [6.45, 7) is 18.7. The molecular formula is C58H52N2O2Si2. The second-order valence-corrected chi connectivity index (χ2v) is 29.9. The van der Waals surface area contributed by atoms with E-state index in [1.807, 2.05) is 0 Å². The van der Waals surface area contributed by atoms with E-state index < -0.39 is 16.1 Å². The normalized spacial score (nSPS) is 12.4.